The van der Waals surface area contributed by atoms with Crippen LogP contribution in [-0.4, -0.2) is 71.2 Å². The first-order valence-corrected chi connectivity index (χ1v) is 29.3. The van der Waals surface area contributed by atoms with Crippen LogP contribution < -0.4 is 38.2 Å². The number of rotatable bonds is 16. The van der Waals surface area contributed by atoms with Crippen LogP contribution in [0, 0.1) is 0 Å². The van der Waals surface area contributed by atoms with Crippen LogP contribution in [0.5, 0.6) is 34.5 Å². The Balaban J connectivity index is 0.000000157. The molecule has 0 bridgehead atoms. The fraction of sp³-hybridized carbons (Fsp3) is 0.212. The lowest BCUT2D eigenvalue weighted by Gasteiger charge is -2.21. The second-order valence-electron chi connectivity index (χ2n) is 20.6. The molecule has 18 heteroatoms. The summed E-state index contributed by atoms with van der Waals surface area (Å²) in [6.45, 7) is 3.83. The van der Waals surface area contributed by atoms with Gasteiger partial charge in [0.25, 0.3) is 12.0 Å². The lowest BCUT2D eigenvalue weighted by molar-refractivity contribution is 0.318. The molecule has 0 saturated carbocycles. The van der Waals surface area contributed by atoms with Gasteiger partial charge in [0.1, 0.15) is 45.5 Å². The molecule has 0 fully saturated rings. The van der Waals surface area contributed by atoms with Gasteiger partial charge in [-0.1, -0.05) is 80.4 Å². The van der Waals surface area contributed by atoms with Crippen LogP contribution in [0.3, 0.4) is 0 Å². The van der Waals surface area contributed by atoms with Crippen molar-refractivity contribution in [3.63, 3.8) is 0 Å². The van der Waals surface area contributed by atoms with Gasteiger partial charge in [-0.2, -0.15) is 20.2 Å². The van der Waals surface area contributed by atoms with Crippen LogP contribution >= 0.6 is 31.9 Å². The molecule has 2 aliphatic rings. The Kier molecular flexibility index (Phi) is 15.3. The predicted octanol–water partition coefficient (Wildman–Crippen LogP) is 15.0. The normalized spacial score (nSPS) is 12.7. The van der Waals surface area contributed by atoms with Gasteiger partial charge in [-0.3, -0.25) is 0 Å². The van der Waals surface area contributed by atoms with E-state index < -0.39 is 0 Å². The van der Waals surface area contributed by atoms with Gasteiger partial charge in [0.15, 0.2) is 11.2 Å². The Morgan fingerprint density at radius 2 is 0.881 bits per heavy atom. The highest BCUT2D eigenvalue weighted by molar-refractivity contribution is 9.10. The molecule has 0 spiro atoms. The molecule has 14 rings (SSSR count). The van der Waals surface area contributed by atoms with Crippen LogP contribution in [0.2, 0.25) is 0 Å². The SMILES string of the molecule is COc1ccc(CN(Cc2ccc(OC)cc2)c2nc3cc(-n4nc5c6c(cc(Br)cc64)OCCC5)ccc3o2)cc1.COc1ccc(CN(Cc2ccc(OC)cc2)c2nc3cc(-n4nc5cc(Br)cc6c5c4CCCO6)ccc3o2)cc1. The molecule has 12 aromatic rings. The highest BCUT2D eigenvalue weighted by Crippen LogP contribution is 2.39. The molecule has 8 aromatic carbocycles. The van der Waals surface area contributed by atoms with E-state index in [1.165, 1.54) is 0 Å². The van der Waals surface area contributed by atoms with Crippen molar-refractivity contribution in [2.75, 3.05) is 51.5 Å². The molecule has 0 N–H and O–H groups in total. The van der Waals surface area contributed by atoms with E-state index >= 15 is 0 Å². The average Bonchev–Trinajstić information content (AvgIpc) is 4.45. The van der Waals surface area contributed by atoms with E-state index in [1.54, 1.807) is 28.4 Å². The number of fused-ring (bicyclic) bond motifs is 2. The summed E-state index contributed by atoms with van der Waals surface area (Å²) in [4.78, 5) is 14.2. The molecule has 424 valence electrons. The Morgan fingerprint density at radius 1 is 0.452 bits per heavy atom. The smallest absolute Gasteiger partial charge is 0.298 e. The number of ether oxygens (including phenoxy) is 6. The van der Waals surface area contributed by atoms with Gasteiger partial charge in [-0.15, -0.1) is 0 Å². The first-order chi connectivity index (χ1) is 41.1. The third-order valence-electron chi connectivity index (χ3n) is 15.1. The maximum absolute atomic E-state index is 6.35. The van der Waals surface area contributed by atoms with Crippen molar-refractivity contribution in [1.29, 1.82) is 0 Å². The van der Waals surface area contributed by atoms with Crippen LogP contribution in [0.25, 0.3) is 55.4 Å². The fourth-order valence-electron chi connectivity index (χ4n) is 10.9. The third-order valence-corrected chi connectivity index (χ3v) is 16.0. The minimum absolute atomic E-state index is 0.549. The number of nitrogens with zero attached hydrogens (tertiary/aromatic N) is 8. The number of methoxy groups -OCH3 is 4. The van der Waals surface area contributed by atoms with Crippen molar-refractivity contribution in [2.45, 2.75) is 51.9 Å². The Labute approximate surface area is 501 Å². The van der Waals surface area contributed by atoms with Crippen LogP contribution in [0.1, 0.15) is 46.5 Å². The van der Waals surface area contributed by atoms with E-state index in [0.717, 1.165) is 153 Å². The van der Waals surface area contributed by atoms with Crippen molar-refractivity contribution >= 4 is 87.9 Å². The summed E-state index contributed by atoms with van der Waals surface area (Å²) in [5, 5.41) is 12.1. The Bertz CT molecular complexity index is 4200. The Morgan fingerprint density at radius 3 is 1.35 bits per heavy atom. The summed E-state index contributed by atoms with van der Waals surface area (Å²) in [5.74, 6) is 5.02. The molecule has 0 atom stereocenters. The molecule has 84 heavy (non-hydrogen) atoms. The highest BCUT2D eigenvalue weighted by atomic mass is 79.9. The number of hydrogen-bond acceptors (Lipinski definition) is 14. The third kappa shape index (κ3) is 11.3. The van der Waals surface area contributed by atoms with E-state index in [0.29, 0.717) is 57.0 Å². The van der Waals surface area contributed by atoms with E-state index in [-0.39, 0.29) is 0 Å². The lowest BCUT2D eigenvalue weighted by atomic mass is 10.1. The van der Waals surface area contributed by atoms with E-state index in [9.17, 15) is 0 Å². The van der Waals surface area contributed by atoms with Crippen LogP contribution in [0.4, 0.5) is 12.0 Å². The van der Waals surface area contributed by atoms with E-state index in [4.69, 9.17) is 57.4 Å². The fourth-order valence-corrected chi connectivity index (χ4v) is 11.7. The number of aryl methyl sites for hydroxylation is 2. The van der Waals surface area contributed by atoms with Gasteiger partial charge in [0.2, 0.25) is 0 Å². The van der Waals surface area contributed by atoms with Gasteiger partial charge in [0, 0.05) is 35.1 Å². The van der Waals surface area contributed by atoms with Crippen molar-refractivity contribution in [1.82, 2.24) is 29.5 Å². The second kappa shape index (κ2) is 23.7. The molecule has 2 aliphatic heterocycles. The summed E-state index contributed by atoms with van der Waals surface area (Å²) >= 11 is 7.26. The zero-order valence-electron chi connectivity index (χ0n) is 46.7. The number of hydrogen-bond donors (Lipinski definition) is 0. The first kappa shape index (κ1) is 54.3. The van der Waals surface area contributed by atoms with Crippen LogP contribution in [0.15, 0.2) is 176 Å². The minimum atomic E-state index is 0.549. The number of benzene rings is 8. The molecule has 4 aromatic heterocycles. The van der Waals surface area contributed by atoms with E-state index in [1.807, 2.05) is 112 Å². The minimum Gasteiger partial charge on any atom is -0.497 e. The number of oxazole rings is 2. The summed E-state index contributed by atoms with van der Waals surface area (Å²) in [7, 11) is 6.69. The average molecular weight is 1250 g/mol. The van der Waals surface area contributed by atoms with Gasteiger partial charge in [-0.05, 0) is 157 Å². The molecule has 0 unspecified atom stereocenters. The second-order valence-corrected chi connectivity index (χ2v) is 22.4. The maximum Gasteiger partial charge on any atom is 0.298 e. The van der Waals surface area contributed by atoms with Crippen molar-refractivity contribution < 1.29 is 37.3 Å². The van der Waals surface area contributed by atoms with Gasteiger partial charge in [-0.25, -0.2) is 9.36 Å². The molecule has 16 nitrogen and oxygen atoms in total. The predicted molar refractivity (Wildman–Crippen MR) is 332 cm³/mol. The molecule has 0 aliphatic carbocycles. The Hall–Kier alpha value is -9.00. The van der Waals surface area contributed by atoms with Crippen molar-refractivity contribution in [2.24, 2.45) is 0 Å². The number of aromatic nitrogens is 6. The lowest BCUT2D eigenvalue weighted by Crippen LogP contribution is -2.22. The number of anilines is 2. The topological polar surface area (TPSA) is 150 Å². The summed E-state index contributed by atoms with van der Waals surface area (Å²) in [5.41, 5.74) is 13.4. The van der Waals surface area contributed by atoms with Crippen LogP contribution in [-0.2, 0) is 39.0 Å². The largest absolute Gasteiger partial charge is 0.497 e. The zero-order chi connectivity index (χ0) is 57.3. The van der Waals surface area contributed by atoms with Gasteiger partial charge < -0.3 is 47.1 Å². The zero-order valence-corrected chi connectivity index (χ0v) is 49.9. The standard InChI is InChI=1S/2C33H29BrN4O4/c1-39-25-10-5-21(6-11-25)19-37(20-22-7-12-26(40-2)13-8-22)33-35-27-18-24(9-14-30(27)42-33)38-29-4-3-15-41-31-17-23(34)16-28(36-38)32(29)31;1-39-25-10-5-21(6-11-25)19-37(20-22-7-12-26(40-2)13-8-22)33-35-28-18-24(9-14-30(28)42-33)38-29-16-23(34)17-31-32(29)27(36-38)4-3-15-41-31/h2*5-14,16-18H,3-4,15,19-20H2,1-2H3. The van der Waals surface area contributed by atoms with Crippen molar-refractivity contribution in [3.8, 4) is 45.9 Å². The molecule has 0 saturated heterocycles. The van der Waals surface area contributed by atoms with Gasteiger partial charge in [0.05, 0.1) is 86.2 Å². The summed E-state index contributed by atoms with van der Waals surface area (Å²) in [6, 6.07) is 53.6. The first-order valence-electron chi connectivity index (χ1n) is 27.7. The van der Waals surface area contributed by atoms with Gasteiger partial charge >= 0.3 is 0 Å². The van der Waals surface area contributed by atoms with Crippen molar-refractivity contribution in [3.05, 3.63) is 200 Å². The quantitative estimate of drug-likeness (QED) is 0.0903. The highest BCUT2D eigenvalue weighted by Gasteiger charge is 2.25. The molecular formula is C66H58Br2N8O8. The molecule has 0 radical (unpaired) electrons. The summed E-state index contributed by atoms with van der Waals surface area (Å²) < 4.78 is 52.1. The summed E-state index contributed by atoms with van der Waals surface area (Å²) in [6.07, 6.45) is 3.61. The monoisotopic (exact) mass is 1250 g/mol. The molecule has 0 amide bonds. The maximum atomic E-state index is 6.35. The molecular weight excluding hydrogens is 1190 g/mol. The molecule has 6 heterocycles. The van der Waals surface area contributed by atoms with E-state index in [2.05, 4.69) is 96.3 Å². The number of halogens is 2.